The fourth-order valence-electron chi connectivity index (χ4n) is 4.96. The van der Waals surface area contributed by atoms with E-state index in [0.717, 1.165) is 31.5 Å². The third-order valence-corrected chi connectivity index (χ3v) is 7.11. The minimum absolute atomic E-state index is 0.0155. The molecule has 2 fully saturated rings. The van der Waals surface area contributed by atoms with Gasteiger partial charge in [0.1, 0.15) is 5.54 Å². The quantitative estimate of drug-likeness (QED) is 0.628. The highest BCUT2D eigenvalue weighted by molar-refractivity contribution is 6.07. The second-order valence-electron chi connectivity index (χ2n) is 8.87. The molecule has 2 aromatic rings. The minimum atomic E-state index is -0.704. The van der Waals surface area contributed by atoms with Crippen LogP contribution in [0.2, 0.25) is 0 Å². The van der Waals surface area contributed by atoms with Crippen LogP contribution >= 0.6 is 0 Å². The van der Waals surface area contributed by atoms with Crippen molar-refractivity contribution < 1.29 is 9.59 Å². The van der Waals surface area contributed by atoms with Gasteiger partial charge in [0.2, 0.25) is 0 Å². The van der Waals surface area contributed by atoms with Crippen LogP contribution < -0.4 is 0 Å². The van der Waals surface area contributed by atoms with Gasteiger partial charge >= 0.3 is 6.03 Å². The number of hydrogen-bond acceptors (Lipinski definition) is 3. The van der Waals surface area contributed by atoms with Crippen LogP contribution in [0.15, 0.2) is 60.7 Å². The highest BCUT2D eigenvalue weighted by Gasteiger charge is 2.57. The molecule has 2 aliphatic heterocycles. The van der Waals surface area contributed by atoms with Crippen LogP contribution in [0.25, 0.3) is 0 Å². The Hall–Kier alpha value is -2.66. The van der Waals surface area contributed by atoms with Gasteiger partial charge in [-0.1, -0.05) is 67.6 Å². The molecule has 5 heteroatoms. The monoisotopic (exact) mass is 419 g/mol. The Balaban J connectivity index is 1.57. The molecule has 0 aliphatic carbocycles. The molecule has 1 spiro atoms. The lowest BCUT2D eigenvalue weighted by Gasteiger charge is -2.44. The van der Waals surface area contributed by atoms with Crippen molar-refractivity contribution >= 4 is 11.9 Å². The highest BCUT2D eigenvalue weighted by atomic mass is 16.2. The van der Waals surface area contributed by atoms with Crippen LogP contribution in [0.5, 0.6) is 0 Å². The summed E-state index contributed by atoms with van der Waals surface area (Å²) < 4.78 is 0. The van der Waals surface area contributed by atoms with Crippen molar-refractivity contribution in [1.29, 1.82) is 0 Å². The van der Waals surface area contributed by atoms with Crippen LogP contribution in [-0.4, -0.2) is 57.9 Å². The third-order valence-electron chi connectivity index (χ3n) is 7.11. The molecule has 4 rings (SSSR count). The molecule has 0 saturated carbocycles. The molecular weight excluding hydrogens is 386 g/mol. The van der Waals surface area contributed by atoms with Gasteiger partial charge in [0.05, 0.1) is 6.54 Å². The first-order chi connectivity index (χ1) is 15.0. The van der Waals surface area contributed by atoms with Gasteiger partial charge in [0.15, 0.2) is 0 Å². The van der Waals surface area contributed by atoms with E-state index in [1.54, 1.807) is 0 Å². The molecule has 2 heterocycles. The number of rotatable bonds is 7. The van der Waals surface area contributed by atoms with Crippen molar-refractivity contribution in [3.8, 4) is 0 Å². The number of amides is 3. The summed E-state index contributed by atoms with van der Waals surface area (Å²) in [7, 11) is 0. The summed E-state index contributed by atoms with van der Waals surface area (Å²) in [4.78, 5) is 33.0. The number of benzene rings is 2. The second-order valence-corrected chi connectivity index (χ2v) is 8.87. The topological polar surface area (TPSA) is 43.9 Å². The maximum absolute atomic E-state index is 13.7. The Morgan fingerprint density at radius 2 is 1.48 bits per heavy atom. The largest absolute Gasteiger partial charge is 0.328 e. The van der Waals surface area contributed by atoms with Crippen molar-refractivity contribution in [3.05, 3.63) is 71.8 Å². The average molecular weight is 420 g/mol. The number of nitrogens with zero attached hydrogens (tertiary/aromatic N) is 3. The summed E-state index contributed by atoms with van der Waals surface area (Å²) in [5.74, 6) is -0.0155. The Morgan fingerprint density at radius 3 is 2.06 bits per heavy atom. The molecule has 2 aromatic carbocycles. The third kappa shape index (κ3) is 4.24. The van der Waals surface area contributed by atoms with E-state index in [-0.39, 0.29) is 11.9 Å². The average Bonchev–Trinajstić information content (AvgIpc) is 3.00. The molecule has 2 aliphatic rings. The number of carbonyl (C=O) groups excluding carboxylic acids is 2. The van der Waals surface area contributed by atoms with Gasteiger partial charge < -0.3 is 9.80 Å². The van der Waals surface area contributed by atoms with Crippen molar-refractivity contribution in [1.82, 2.24) is 14.7 Å². The first-order valence-electron chi connectivity index (χ1n) is 11.5. The molecule has 2 saturated heterocycles. The number of imide groups is 1. The van der Waals surface area contributed by atoms with Crippen molar-refractivity contribution in [2.45, 2.75) is 57.7 Å². The summed E-state index contributed by atoms with van der Waals surface area (Å²) in [5.41, 5.74) is 1.47. The lowest BCUT2D eigenvalue weighted by molar-refractivity contribution is -0.136. The zero-order chi connectivity index (χ0) is 21.8. The normalized spacial score (nSPS) is 19.9. The Morgan fingerprint density at radius 1 is 0.903 bits per heavy atom. The van der Waals surface area contributed by atoms with Gasteiger partial charge in [-0.05, 0) is 43.7 Å². The van der Waals surface area contributed by atoms with E-state index in [1.165, 1.54) is 10.5 Å². The van der Waals surface area contributed by atoms with E-state index in [4.69, 9.17) is 0 Å². The molecule has 164 valence electrons. The van der Waals surface area contributed by atoms with Gasteiger partial charge in [-0.3, -0.25) is 9.69 Å². The van der Waals surface area contributed by atoms with Crippen molar-refractivity contribution in [2.75, 3.05) is 19.6 Å². The fraction of sp³-hybridized carbons (Fsp3) is 0.462. The van der Waals surface area contributed by atoms with Gasteiger partial charge in [0, 0.05) is 25.7 Å². The molecule has 1 atom stereocenters. The SMILES string of the molecule is CC[C@H](C)N1CCC2(CC1)C(=O)N(Cc1ccccc1)C(=O)N2CCc1ccccc1. The Labute approximate surface area is 185 Å². The van der Waals surface area contributed by atoms with E-state index >= 15 is 0 Å². The lowest BCUT2D eigenvalue weighted by atomic mass is 9.85. The Bertz CT molecular complexity index is 891. The summed E-state index contributed by atoms with van der Waals surface area (Å²) in [5, 5.41) is 0. The molecule has 3 amide bonds. The van der Waals surface area contributed by atoms with Crippen LogP contribution in [0.1, 0.15) is 44.2 Å². The summed E-state index contributed by atoms with van der Waals surface area (Å²) >= 11 is 0. The van der Waals surface area contributed by atoms with E-state index in [9.17, 15) is 9.59 Å². The predicted octanol–water partition coefficient (Wildman–Crippen LogP) is 4.33. The van der Waals surface area contributed by atoms with Crippen LogP contribution in [0, 0.1) is 0 Å². The molecule has 31 heavy (non-hydrogen) atoms. The second kappa shape index (κ2) is 9.23. The number of likely N-dealkylation sites (tertiary alicyclic amines) is 1. The molecule has 0 bridgehead atoms. The predicted molar refractivity (Wildman–Crippen MR) is 123 cm³/mol. The van der Waals surface area contributed by atoms with E-state index < -0.39 is 5.54 Å². The van der Waals surface area contributed by atoms with Gasteiger partial charge in [-0.2, -0.15) is 0 Å². The van der Waals surface area contributed by atoms with Gasteiger partial charge in [0.25, 0.3) is 5.91 Å². The smallest absolute Gasteiger partial charge is 0.309 e. The summed E-state index contributed by atoms with van der Waals surface area (Å²) in [6.07, 6.45) is 3.28. The number of carbonyl (C=O) groups is 2. The van der Waals surface area contributed by atoms with Crippen LogP contribution in [0.3, 0.4) is 0 Å². The maximum atomic E-state index is 13.7. The molecule has 0 N–H and O–H groups in total. The number of urea groups is 1. The molecule has 0 unspecified atom stereocenters. The lowest BCUT2D eigenvalue weighted by Crippen LogP contribution is -2.58. The molecule has 0 radical (unpaired) electrons. The zero-order valence-corrected chi connectivity index (χ0v) is 18.7. The fourth-order valence-corrected chi connectivity index (χ4v) is 4.96. The van der Waals surface area contributed by atoms with Crippen molar-refractivity contribution in [3.63, 3.8) is 0 Å². The van der Waals surface area contributed by atoms with E-state index in [0.29, 0.717) is 32.0 Å². The summed E-state index contributed by atoms with van der Waals surface area (Å²) in [6, 6.07) is 20.4. The van der Waals surface area contributed by atoms with Crippen LogP contribution in [0.4, 0.5) is 4.79 Å². The van der Waals surface area contributed by atoms with E-state index in [1.807, 2.05) is 53.4 Å². The standard InChI is InChI=1S/C26H33N3O2/c1-3-21(2)27-18-15-26(16-19-27)24(30)28(20-23-12-8-5-9-13-23)25(31)29(26)17-14-22-10-6-4-7-11-22/h4-13,21H,3,14-20H2,1-2H3/t21-/m0/s1. The van der Waals surface area contributed by atoms with Crippen LogP contribution in [-0.2, 0) is 17.8 Å². The number of hydrogen-bond donors (Lipinski definition) is 0. The first-order valence-corrected chi connectivity index (χ1v) is 11.5. The van der Waals surface area contributed by atoms with Crippen molar-refractivity contribution in [2.24, 2.45) is 0 Å². The first kappa shape index (κ1) is 21.6. The molecule has 5 nitrogen and oxygen atoms in total. The minimum Gasteiger partial charge on any atom is -0.309 e. The maximum Gasteiger partial charge on any atom is 0.328 e. The molecule has 0 aromatic heterocycles. The Kier molecular flexibility index (Phi) is 6.42. The van der Waals surface area contributed by atoms with E-state index in [2.05, 4.69) is 30.9 Å². The zero-order valence-electron chi connectivity index (χ0n) is 18.7. The van der Waals surface area contributed by atoms with Gasteiger partial charge in [-0.25, -0.2) is 4.79 Å². The summed E-state index contributed by atoms with van der Waals surface area (Å²) in [6.45, 7) is 7.08. The van der Waals surface area contributed by atoms with Gasteiger partial charge in [-0.15, -0.1) is 0 Å². The number of piperidine rings is 1. The highest BCUT2D eigenvalue weighted by Crippen LogP contribution is 2.38. The molecular formula is C26H33N3O2.